The van der Waals surface area contributed by atoms with Crippen LogP contribution in [0.3, 0.4) is 0 Å². The number of nitrogens with one attached hydrogen (secondary N) is 2. The number of aliphatic carboxylic acids is 1. The average molecular weight is 623 g/mol. The predicted molar refractivity (Wildman–Crippen MR) is 176 cm³/mol. The standard InChI is InChI=1S/C35H62N2O7/c1-3-5-6-7-8-9-10-11-12-13-14-15-16-17-18-19-23-27-34(41)44-30(24-4-2)25-21-20-22-26-32(39)36-28-33(40)37-31(29-38)35(42)43/h8-9,11-12,30-31,38H,3-7,10,13-29H2,1-2H3,(H,36,39)(H,37,40)(H,42,43)/b9-8-,12-11-. The summed E-state index contributed by atoms with van der Waals surface area (Å²) in [4.78, 5) is 46.8. The molecule has 0 bridgehead atoms. The zero-order valence-electron chi connectivity index (χ0n) is 27.7. The second-order valence-electron chi connectivity index (χ2n) is 11.6. The van der Waals surface area contributed by atoms with Crippen molar-refractivity contribution < 1.29 is 34.1 Å². The van der Waals surface area contributed by atoms with E-state index in [1.807, 2.05) is 0 Å². The molecule has 0 aliphatic carbocycles. The number of aliphatic hydroxyl groups is 1. The van der Waals surface area contributed by atoms with Crippen LogP contribution in [0.1, 0.15) is 149 Å². The molecular formula is C35H62N2O7. The number of carbonyl (C=O) groups excluding carboxylic acids is 3. The topological polar surface area (TPSA) is 142 Å². The summed E-state index contributed by atoms with van der Waals surface area (Å²) >= 11 is 0. The lowest BCUT2D eigenvalue weighted by molar-refractivity contribution is -0.150. The van der Waals surface area contributed by atoms with E-state index in [9.17, 15) is 19.2 Å². The van der Waals surface area contributed by atoms with Crippen LogP contribution in [0.15, 0.2) is 24.3 Å². The number of rotatable bonds is 30. The van der Waals surface area contributed by atoms with Crippen LogP contribution in [0, 0.1) is 0 Å². The maximum Gasteiger partial charge on any atom is 0.328 e. The highest BCUT2D eigenvalue weighted by Gasteiger charge is 2.19. The predicted octanol–water partition coefficient (Wildman–Crippen LogP) is 6.92. The first-order valence-electron chi connectivity index (χ1n) is 17.2. The lowest BCUT2D eigenvalue weighted by atomic mass is 10.0. The molecule has 254 valence electrons. The number of esters is 1. The zero-order valence-corrected chi connectivity index (χ0v) is 27.7. The Labute approximate surface area is 266 Å². The van der Waals surface area contributed by atoms with Crippen LogP contribution >= 0.6 is 0 Å². The molecule has 9 heteroatoms. The molecule has 0 saturated heterocycles. The molecule has 0 rings (SSSR count). The Kier molecular flexibility index (Phi) is 28.5. The van der Waals surface area contributed by atoms with Gasteiger partial charge in [-0.2, -0.15) is 0 Å². The molecule has 2 atom stereocenters. The Morgan fingerprint density at radius 3 is 1.89 bits per heavy atom. The van der Waals surface area contributed by atoms with Gasteiger partial charge in [-0.1, -0.05) is 95.9 Å². The molecule has 9 nitrogen and oxygen atoms in total. The number of carboxylic acid groups (broad SMARTS) is 1. The number of amides is 2. The van der Waals surface area contributed by atoms with Crippen molar-refractivity contribution in [3.8, 4) is 0 Å². The minimum Gasteiger partial charge on any atom is -0.480 e. The van der Waals surface area contributed by atoms with E-state index in [0.29, 0.717) is 12.8 Å². The Bertz CT molecular complexity index is 813. The van der Waals surface area contributed by atoms with Gasteiger partial charge in [-0.05, 0) is 64.2 Å². The van der Waals surface area contributed by atoms with Gasteiger partial charge in [-0.15, -0.1) is 0 Å². The van der Waals surface area contributed by atoms with Gasteiger partial charge in [-0.25, -0.2) is 4.79 Å². The SMILES string of the molecule is CCCCC/C=C\C/C=C\CCCCCCCCCC(=O)OC(CCC)CCCCCC(=O)NCC(=O)NC(CO)C(=O)O. The maximum atomic E-state index is 12.4. The number of hydrogen-bond acceptors (Lipinski definition) is 6. The molecule has 0 saturated carbocycles. The molecular weight excluding hydrogens is 560 g/mol. The third-order valence-corrected chi connectivity index (χ3v) is 7.43. The molecule has 4 N–H and O–H groups in total. The van der Waals surface area contributed by atoms with E-state index in [1.54, 1.807) is 0 Å². The maximum absolute atomic E-state index is 12.4. The number of allylic oxidation sites excluding steroid dienone is 4. The average Bonchev–Trinajstić information content (AvgIpc) is 3.00. The first-order valence-corrected chi connectivity index (χ1v) is 17.2. The third-order valence-electron chi connectivity index (χ3n) is 7.43. The van der Waals surface area contributed by atoms with Crippen LogP contribution in [-0.4, -0.2) is 59.3 Å². The lowest BCUT2D eigenvalue weighted by Gasteiger charge is -2.17. The molecule has 0 aliphatic rings. The van der Waals surface area contributed by atoms with E-state index < -0.39 is 24.5 Å². The summed E-state index contributed by atoms with van der Waals surface area (Å²) in [6, 6.07) is -1.39. The van der Waals surface area contributed by atoms with Crippen LogP contribution in [0.4, 0.5) is 0 Å². The van der Waals surface area contributed by atoms with Crippen molar-refractivity contribution in [2.24, 2.45) is 0 Å². The Balaban J connectivity index is 3.80. The van der Waals surface area contributed by atoms with Gasteiger partial charge < -0.3 is 25.6 Å². The number of ether oxygens (including phenoxy) is 1. The lowest BCUT2D eigenvalue weighted by Crippen LogP contribution is -2.47. The van der Waals surface area contributed by atoms with Crippen molar-refractivity contribution in [3.05, 3.63) is 24.3 Å². The van der Waals surface area contributed by atoms with Crippen LogP contribution in [0.25, 0.3) is 0 Å². The minimum atomic E-state index is -1.39. The molecule has 0 aliphatic heterocycles. The van der Waals surface area contributed by atoms with E-state index in [4.69, 9.17) is 14.9 Å². The second-order valence-corrected chi connectivity index (χ2v) is 11.6. The van der Waals surface area contributed by atoms with E-state index >= 15 is 0 Å². The number of aliphatic hydroxyl groups excluding tert-OH is 1. The van der Waals surface area contributed by atoms with Gasteiger partial charge in [0.25, 0.3) is 0 Å². The molecule has 0 radical (unpaired) electrons. The third kappa shape index (κ3) is 26.9. The zero-order chi connectivity index (χ0) is 32.7. The Morgan fingerprint density at radius 2 is 1.27 bits per heavy atom. The number of unbranched alkanes of at least 4 members (excludes halogenated alkanes) is 12. The first-order chi connectivity index (χ1) is 21.3. The van der Waals surface area contributed by atoms with Crippen molar-refractivity contribution in [2.75, 3.05) is 13.2 Å². The van der Waals surface area contributed by atoms with Gasteiger partial charge in [0.15, 0.2) is 0 Å². The van der Waals surface area contributed by atoms with Gasteiger partial charge in [-0.3, -0.25) is 14.4 Å². The summed E-state index contributed by atoms with van der Waals surface area (Å²) in [6.45, 7) is 3.25. The fourth-order valence-electron chi connectivity index (χ4n) is 4.80. The Hall–Kier alpha value is -2.68. The van der Waals surface area contributed by atoms with Crippen LogP contribution in [0.5, 0.6) is 0 Å². The quantitative estimate of drug-likeness (QED) is 0.0387. The van der Waals surface area contributed by atoms with Gasteiger partial charge in [0.2, 0.25) is 11.8 Å². The van der Waals surface area contributed by atoms with Crippen molar-refractivity contribution in [1.29, 1.82) is 0 Å². The summed E-state index contributed by atoms with van der Waals surface area (Å²) in [6.07, 6.45) is 30.0. The van der Waals surface area contributed by atoms with Gasteiger partial charge >= 0.3 is 11.9 Å². The monoisotopic (exact) mass is 622 g/mol. The Morgan fingerprint density at radius 1 is 0.682 bits per heavy atom. The van der Waals surface area contributed by atoms with Crippen molar-refractivity contribution in [1.82, 2.24) is 10.6 Å². The van der Waals surface area contributed by atoms with Crippen LogP contribution < -0.4 is 10.6 Å². The van der Waals surface area contributed by atoms with Crippen LogP contribution in [0.2, 0.25) is 0 Å². The molecule has 0 aromatic heterocycles. The highest BCUT2D eigenvalue weighted by Crippen LogP contribution is 2.16. The highest BCUT2D eigenvalue weighted by molar-refractivity contribution is 5.87. The summed E-state index contributed by atoms with van der Waals surface area (Å²) < 4.78 is 5.74. The van der Waals surface area contributed by atoms with E-state index in [0.717, 1.165) is 64.2 Å². The van der Waals surface area contributed by atoms with Crippen molar-refractivity contribution >= 4 is 23.8 Å². The van der Waals surface area contributed by atoms with E-state index in [2.05, 4.69) is 48.8 Å². The first kappa shape index (κ1) is 41.3. The summed E-state index contributed by atoms with van der Waals surface area (Å²) in [5.74, 6) is -2.42. The summed E-state index contributed by atoms with van der Waals surface area (Å²) in [5.41, 5.74) is 0. The van der Waals surface area contributed by atoms with Crippen molar-refractivity contribution in [3.63, 3.8) is 0 Å². The molecule has 0 spiro atoms. The van der Waals surface area contributed by atoms with E-state index in [1.165, 1.54) is 51.4 Å². The van der Waals surface area contributed by atoms with Gasteiger partial charge in [0.05, 0.1) is 13.2 Å². The van der Waals surface area contributed by atoms with Gasteiger partial charge in [0.1, 0.15) is 12.1 Å². The molecule has 0 aromatic carbocycles. The minimum absolute atomic E-state index is 0.0883. The van der Waals surface area contributed by atoms with Crippen LogP contribution in [-0.2, 0) is 23.9 Å². The number of carboxylic acids is 1. The van der Waals surface area contributed by atoms with Gasteiger partial charge in [0, 0.05) is 12.8 Å². The largest absolute Gasteiger partial charge is 0.480 e. The second kappa shape index (κ2) is 30.4. The molecule has 44 heavy (non-hydrogen) atoms. The molecule has 0 fully saturated rings. The highest BCUT2D eigenvalue weighted by atomic mass is 16.5. The number of carbonyl (C=O) groups is 4. The fourth-order valence-corrected chi connectivity index (χ4v) is 4.80. The fraction of sp³-hybridized carbons (Fsp3) is 0.771. The summed E-state index contributed by atoms with van der Waals surface area (Å²) in [7, 11) is 0. The molecule has 0 aromatic rings. The summed E-state index contributed by atoms with van der Waals surface area (Å²) in [5, 5.41) is 22.3. The molecule has 2 unspecified atom stereocenters. The number of hydrogen-bond donors (Lipinski definition) is 4. The molecule has 2 amide bonds. The normalized spacial score (nSPS) is 12.8. The van der Waals surface area contributed by atoms with E-state index in [-0.39, 0.29) is 30.9 Å². The van der Waals surface area contributed by atoms with Crippen molar-refractivity contribution in [2.45, 2.75) is 161 Å². The molecule has 0 heterocycles. The smallest absolute Gasteiger partial charge is 0.328 e.